The summed E-state index contributed by atoms with van der Waals surface area (Å²) in [6, 6.07) is 11.7. The highest BCUT2D eigenvalue weighted by Gasteiger charge is 2.14. The van der Waals surface area contributed by atoms with E-state index in [9.17, 15) is 9.59 Å². The number of methoxy groups -OCH3 is 1. The number of aromatic amines is 1. The second-order valence-electron chi connectivity index (χ2n) is 5.40. The molecule has 0 unspecified atom stereocenters. The van der Waals surface area contributed by atoms with Crippen molar-refractivity contribution in [2.75, 3.05) is 7.11 Å². The van der Waals surface area contributed by atoms with E-state index in [-0.39, 0.29) is 16.9 Å². The third kappa shape index (κ3) is 2.56. The lowest BCUT2D eigenvalue weighted by Crippen LogP contribution is -2.13. The van der Waals surface area contributed by atoms with E-state index in [1.807, 2.05) is 0 Å². The largest absolute Gasteiger partial charge is 0.493 e. The molecule has 0 spiro atoms. The molecule has 1 N–H and O–H groups in total. The Hall–Kier alpha value is -3.12. The van der Waals surface area contributed by atoms with Crippen molar-refractivity contribution in [1.29, 1.82) is 0 Å². The van der Waals surface area contributed by atoms with Crippen molar-refractivity contribution < 1.29 is 9.15 Å². The van der Waals surface area contributed by atoms with Gasteiger partial charge in [-0.2, -0.15) is 0 Å². The van der Waals surface area contributed by atoms with Gasteiger partial charge in [0.25, 0.3) is 5.56 Å². The van der Waals surface area contributed by atoms with Gasteiger partial charge in [0, 0.05) is 10.4 Å². The van der Waals surface area contributed by atoms with Gasteiger partial charge in [0.05, 0.1) is 18.0 Å². The first-order valence-electron chi connectivity index (χ1n) is 7.37. The minimum atomic E-state index is -0.617. The molecule has 0 bridgehead atoms. The number of fused-ring (bicyclic) bond motifs is 2. The summed E-state index contributed by atoms with van der Waals surface area (Å²) in [5.41, 5.74) is -0.0576. The maximum atomic E-state index is 12.4. The van der Waals surface area contributed by atoms with Gasteiger partial charge in [0.1, 0.15) is 11.4 Å². The van der Waals surface area contributed by atoms with Gasteiger partial charge in [-0.25, -0.2) is 9.78 Å². The second-order valence-corrected chi connectivity index (χ2v) is 5.84. The van der Waals surface area contributed by atoms with Gasteiger partial charge >= 0.3 is 5.63 Å². The van der Waals surface area contributed by atoms with Crippen LogP contribution in [0.15, 0.2) is 56.5 Å². The van der Waals surface area contributed by atoms with Crippen LogP contribution in [-0.4, -0.2) is 17.1 Å². The molecule has 0 fully saturated rings. The molecule has 0 amide bonds. The van der Waals surface area contributed by atoms with E-state index in [0.717, 1.165) is 0 Å². The van der Waals surface area contributed by atoms with E-state index in [2.05, 4.69) is 9.97 Å². The molecule has 0 radical (unpaired) electrons. The molecule has 0 aliphatic heterocycles. The Kier molecular flexibility index (Phi) is 3.54. The lowest BCUT2D eigenvalue weighted by molar-refractivity contribution is 0.407. The zero-order valence-electron chi connectivity index (χ0n) is 13.0. The van der Waals surface area contributed by atoms with Crippen LogP contribution in [0.3, 0.4) is 0 Å². The molecule has 0 aliphatic rings. The molecule has 0 aliphatic carbocycles. The van der Waals surface area contributed by atoms with Gasteiger partial charge in [-0.3, -0.25) is 4.79 Å². The average Bonchev–Trinajstić information content (AvgIpc) is 2.61. The number of halogens is 1. The quantitative estimate of drug-likeness (QED) is 0.558. The van der Waals surface area contributed by atoms with Crippen molar-refractivity contribution in [3.05, 3.63) is 68.3 Å². The van der Waals surface area contributed by atoms with Crippen molar-refractivity contribution in [2.45, 2.75) is 0 Å². The van der Waals surface area contributed by atoms with Crippen LogP contribution >= 0.6 is 11.6 Å². The maximum absolute atomic E-state index is 12.4. The molecule has 0 atom stereocenters. The molecule has 25 heavy (non-hydrogen) atoms. The molecule has 2 aromatic heterocycles. The summed E-state index contributed by atoms with van der Waals surface area (Å²) >= 11 is 5.91. The summed E-state index contributed by atoms with van der Waals surface area (Å²) in [5, 5.41) is 1.45. The van der Waals surface area contributed by atoms with Crippen LogP contribution in [0.1, 0.15) is 0 Å². The SMILES string of the molecule is COc1cccc2cc(-c3nc4ccc(Cl)cc4c(=O)[nH]3)c(=O)oc12. The third-order valence-electron chi connectivity index (χ3n) is 3.87. The predicted molar refractivity (Wildman–Crippen MR) is 95.4 cm³/mol. The zero-order chi connectivity index (χ0) is 17.6. The molecule has 124 valence electrons. The molecular weight excluding hydrogens is 344 g/mol. The first-order chi connectivity index (χ1) is 12.1. The van der Waals surface area contributed by atoms with Crippen LogP contribution in [0.2, 0.25) is 5.02 Å². The molecule has 0 saturated carbocycles. The molecule has 0 saturated heterocycles. The number of ether oxygens (including phenoxy) is 1. The maximum Gasteiger partial charge on any atom is 0.347 e. The van der Waals surface area contributed by atoms with Crippen molar-refractivity contribution in [3.8, 4) is 17.1 Å². The molecule has 6 nitrogen and oxygen atoms in total. The summed E-state index contributed by atoms with van der Waals surface area (Å²) in [5.74, 6) is 0.592. The van der Waals surface area contributed by atoms with Crippen LogP contribution in [0.4, 0.5) is 0 Å². The zero-order valence-corrected chi connectivity index (χ0v) is 13.8. The van der Waals surface area contributed by atoms with Gasteiger partial charge in [-0.05, 0) is 30.3 Å². The highest BCUT2D eigenvalue weighted by molar-refractivity contribution is 6.31. The van der Waals surface area contributed by atoms with Gasteiger partial charge in [-0.15, -0.1) is 0 Å². The number of rotatable bonds is 2. The highest BCUT2D eigenvalue weighted by atomic mass is 35.5. The molecule has 2 heterocycles. The van der Waals surface area contributed by atoms with Crippen LogP contribution in [0, 0.1) is 0 Å². The molecule has 7 heteroatoms. The summed E-state index contributed by atoms with van der Waals surface area (Å²) in [7, 11) is 1.50. The van der Waals surface area contributed by atoms with Crippen molar-refractivity contribution in [3.63, 3.8) is 0 Å². The summed E-state index contributed by atoms with van der Waals surface area (Å²) in [4.78, 5) is 31.7. The fourth-order valence-corrected chi connectivity index (χ4v) is 2.85. The van der Waals surface area contributed by atoms with Crippen LogP contribution in [0.25, 0.3) is 33.3 Å². The van der Waals surface area contributed by atoms with Crippen molar-refractivity contribution in [1.82, 2.24) is 9.97 Å². The molecular formula is C18H11ClN2O4. The van der Waals surface area contributed by atoms with Crippen molar-refractivity contribution in [2.24, 2.45) is 0 Å². The first kappa shape index (κ1) is 15.4. The second kappa shape index (κ2) is 5.75. The Labute approximate surface area is 145 Å². The lowest BCUT2D eigenvalue weighted by Gasteiger charge is -2.06. The molecule has 4 aromatic rings. The van der Waals surface area contributed by atoms with E-state index in [1.165, 1.54) is 13.2 Å². The van der Waals surface area contributed by atoms with Crippen LogP contribution in [-0.2, 0) is 0 Å². The molecule has 4 rings (SSSR count). The van der Waals surface area contributed by atoms with E-state index in [4.69, 9.17) is 20.8 Å². The van der Waals surface area contributed by atoms with Crippen molar-refractivity contribution >= 4 is 33.5 Å². The Balaban J connectivity index is 2.00. The Morgan fingerprint density at radius 3 is 2.80 bits per heavy atom. The number of nitrogens with zero attached hydrogens (tertiary/aromatic N) is 1. The summed E-state index contributed by atoms with van der Waals surface area (Å²) in [6.45, 7) is 0. The number of para-hydroxylation sites is 1. The minimum Gasteiger partial charge on any atom is -0.493 e. The van der Waals surface area contributed by atoms with E-state index < -0.39 is 5.63 Å². The first-order valence-corrected chi connectivity index (χ1v) is 7.75. The molecule has 2 aromatic carbocycles. The van der Waals surface area contributed by atoms with Crippen LogP contribution in [0.5, 0.6) is 5.75 Å². The predicted octanol–water partition coefficient (Wildman–Crippen LogP) is 3.36. The number of H-pyrrole nitrogens is 1. The minimum absolute atomic E-state index is 0.137. The lowest BCUT2D eigenvalue weighted by atomic mass is 10.1. The van der Waals surface area contributed by atoms with Gasteiger partial charge in [-0.1, -0.05) is 23.7 Å². The average molecular weight is 355 g/mol. The normalized spacial score (nSPS) is 11.1. The monoisotopic (exact) mass is 354 g/mol. The third-order valence-corrected chi connectivity index (χ3v) is 4.10. The number of benzene rings is 2. The van der Waals surface area contributed by atoms with Gasteiger partial charge in [0.2, 0.25) is 0 Å². The standard InChI is InChI=1S/C18H11ClN2O4/c1-24-14-4-2-3-9-7-12(18(23)25-15(9)14)16-20-13-6-5-10(19)8-11(13)17(22)21-16/h2-8H,1H3,(H,20,21,22). The van der Waals surface area contributed by atoms with Gasteiger partial charge < -0.3 is 14.1 Å². The Bertz CT molecular complexity index is 1240. The summed E-state index contributed by atoms with van der Waals surface area (Å²) in [6.07, 6.45) is 0. The summed E-state index contributed by atoms with van der Waals surface area (Å²) < 4.78 is 10.6. The number of nitrogens with one attached hydrogen (secondary N) is 1. The Morgan fingerprint density at radius 1 is 1.16 bits per heavy atom. The van der Waals surface area contributed by atoms with Crippen LogP contribution < -0.4 is 15.9 Å². The number of aromatic nitrogens is 2. The van der Waals surface area contributed by atoms with Gasteiger partial charge in [0.15, 0.2) is 11.3 Å². The topological polar surface area (TPSA) is 85.2 Å². The van der Waals surface area contributed by atoms with E-state index in [1.54, 1.807) is 36.4 Å². The fourth-order valence-electron chi connectivity index (χ4n) is 2.68. The number of hydrogen-bond acceptors (Lipinski definition) is 5. The number of hydrogen-bond donors (Lipinski definition) is 1. The van der Waals surface area contributed by atoms with E-state index in [0.29, 0.717) is 32.6 Å². The Morgan fingerprint density at radius 2 is 2.00 bits per heavy atom. The smallest absolute Gasteiger partial charge is 0.347 e. The highest BCUT2D eigenvalue weighted by Crippen LogP contribution is 2.26. The van der Waals surface area contributed by atoms with E-state index >= 15 is 0 Å². The fraction of sp³-hybridized carbons (Fsp3) is 0.0556.